The predicted molar refractivity (Wildman–Crippen MR) is 143 cm³/mol. The molecule has 1 aromatic heterocycles. The number of ether oxygens (including phenoxy) is 1. The number of piperidine rings is 1. The number of hydrogen-bond acceptors (Lipinski definition) is 5. The van der Waals surface area contributed by atoms with Crippen LogP contribution in [0.4, 0.5) is 0 Å². The molecule has 0 unspecified atom stereocenters. The van der Waals surface area contributed by atoms with Gasteiger partial charge in [-0.05, 0) is 48.9 Å². The Morgan fingerprint density at radius 2 is 1.89 bits per heavy atom. The number of nitrogens with one attached hydrogen (secondary N) is 1. The molecule has 2 aliphatic carbocycles. The number of aromatic nitrogens is 2. The summed E-state index contributed by atoms with van der Waals surface area (Å²) in [5, 5.41) is 8.04. The molecule has 3 aliphatic rings. The quantitative estimate of drug-likeness (QED) is 0.317. The van der Waals surface area contributed by atoms with Crippen molar-refractivity contribution in [3.05, 3.63) is 59.8 Å². The fourth-order valence-corrected chi connectivity index (χ4v) is 5.99. The van der Waals surface area contributed by atoms with E-state index in [4.69, 9.17) is 27.9 Å². The predicted octanol–water partition coefficient (Wildman–Crippen LogP) is 4.12. The summed E-state index contributed by atoms with van der Waals surface area (Å²) in [6.07, 6.45) is 2.21. The molecule has 2 heterocycles. The molecule has 8 nitrogen and oxygen atoms in total. The van der Waals surface area contributed by atoms with E-state index in [9.17, 15) is 14.4 Å². The SMILES string of the molecule is CC(=O)c1nn(CC(=O)N2[C@@H]3C[C@@H]3C[C@H]2C(=O)NC[C@H]2CC2(Cl)Cl)c2ccc(OCc3ccccc3)cc12. The number of benzene rings is 2. The summed E-state index contributed by atoms with van der Waals surface area (Å²) < 4.78 is 6.73. The largest absolute Gasteiger partial charge is 0.489 e. The molecule has 2 aromatic carbocycles. The van der Waals surface area contributed by atoms with Crippen molar-refractivity contribution >= 4 is 51.7 Å². The first-order valence-corrected chi connectivity index (χ1v) is 13.6. The van der Waals surface area contributed by atoms with Crippen molar-refractivity contribution in [3.63, 3.8) is 0 Å². The van der Waals surface area contributed by atoms with Gasteiger partial charge in [0.05, 0.1) is 5.52 Å². The van der Waals surface area contributed by atoms with Crippen molar-refractivity contribution in [2.45, 2.75) is 55.8 Å². The lowest BCUT2D eigenvalue weighted by molar-refractivity contribution is -0.140. The maximum Gasteiger partial charge on any atom is 0.245 e. The van der Waals surface area contributed by atoms with E-state index in [0.29, 0.717) is 48.6 Å². The molecule has 2 saturated carbocycles. The average molecular weight is 555 g/mol. The van der Waals surface area contributed by atoms with Crippen LogP contribution in [0.25, 0.3) is 10.9 Å². The molecule has 38 heavy (non-hydrogen) atoms. The summed E-state index contributed by atoms with van der Waals surface area (Å²) in [6, 6.07) is 14.8. The van der Waals surface area contributed by atoms with Gasteiger partial charge in [-0.25, -0.2) is 0 Å². The van der Waals surface area contributed by atoms with Gasteiger partial charge in [0.1, 0.15) is 35.0 Å². The van der Waals surface area contributed by atoms with Crippen molar-refractivity contribution in [3.8, 4) is 5.75 Å². The number of halogens is 2. The number of ketones is 1. The van der Waals surface area contributed by atoms with Gasteiger partial charge in [0.25, 0.3) is 0 Å². The highest BCUT2D eigenvalue weighted by Crippen LogP contribution is 2.53. The van der Waals surface area contributed by atoms with Gasteiger partial charge in [-0.3, -0.25) is 19.1 Å². The number of nitrogens with zero attached hydrogens (tertiary/aromatic N) is 3. The summed E-state index contributed by atoms with van der Waals surface area (Å²) in [7, 11) is 0. The van der Waals surface area contributed by atoms with Crippen LogP contribution in [0.1, 0.15) is 42.2 Å². The van der Waals surface area contributed by atoms with Gasteiger partial charge < -0.3 is 15.0 Å². The van der Waals surface area contributed by atoms with Crippen LogP contribution >= 0.6 is 23.2 Å². The normalized spacial score (nSPS) is 24.7. The Balaban J connectivity index is 1.18. The van der Waals surface area contributed by atoms with Crippen LogP contribution in [-0.2, 0) is 22.7 Å². The fourth-order valence-electron chi connectivity index (χ4n) is 5.46. The maximum absolute atomic E-state index is 13.5. The summed E-state index contributed by atoms with van der Waals surface area (Å²) in [6.45, 7) is 2.19. The number of Topliss-reactive ketones (excluding diaryl/α,β-unsaturated/α-hetero) is 1. The van der Waals surface area contributed by atoms with Crippen molar-refractivity contribution in [2.75, 3.05) is 6.54 Å². The zero-order valence-electron chi connectivity index (χ0n) is 20.9. The Morgan fingerprint density at radius 1 is 1.13 bits per heavy atom. The summed E-state index contributed by atoms with van der Waals surface area (Å²) in [4.78, 5) is 40.6. The smallest absolute Gasteiger partial charge is 0.245 e. The van der Waals surface area contributed by atoms with E-state index in [0.717, 1.165) is 12.0 Å². The van der Waals surface area contributed by atoms with E-state index in [1.165, 1.54) is 6.92 Å². The highest BCUT2D eigenvalue weighted by atomic mass is 35.5. The van der Waals surface area contributed by atoms with Crippen molar-refractivity contribution < 1.29 is 19.1 Å². The molecule has 0 bridgehead atoms. The minimum Gasteiger partial charge on any atom is -0.489 e. The van der Waals surface area contributed by atoms with Crippen LogP contribution in [0, 0.1) is 11.8 Å². The molecule has 2 amide bonds. The molecule has 1 saturated heterocycles. The zero-order valence-corrected chi connectivity index (χ0v) is 22.4. The number of hydrogen-bond donors (Lipinski definition) is 1. The van der Waals surface area contributed by atoms with Gasteiger partial charge in [-0.1, -0.05) is 30.3 Å². The first kappa shape index (κ1) is 25.2. The Morgan fingerprint density at radius 3 is 2.61 bits per heavy atom. The molecule has 10 heteroatoms. The van der Waals surface area contributed by atoms with Gasteiger partial charge >= 0.3 is 0 Å². The monoisotopic (exact) mass is 554 g/mol. The Kier molecular flexibility index (Phi) is 6.35. The van der Waals surface area contributed by atoms with E-state index in [2.05, 4.69) is 10.4 Å². The number of carbonyl (C=O) groups excluding carboxylic acids is 3. The van der Waals surface area contributed by atoms with Gasteiger partial charge in [-0.2, -0.15) is 5.10 Å². The second kappa shape index (κ2) is 9.58. The fraction of sp³-hybridized carbons (Fsp3) is 0.429. The first-order valence-electron chi connectivity index (χ1n) is 12.9. The second-order valence-electron chi connectivity index (χ2n) is 10.5. The highest BCUT2D eigenvalue weighted by Gasteiger charge is 2.56. The number of carbonyl (C=O) groups is 3. The lowest BCUT2D eigenvalue weighted by atomic mass is 10.1. The van der Waals surface area contributed by atoms with Gasteiger partial charge in [-0.15, -0.1) is 23.2 Å². The van der Waals surface area contributed by atoms with Gasteiger partial charge in [0, 0.05) is 30.8 Å². The molecule has 3 fully saturated rings. The van der Waals surface area contributed by atoms with Crippen LogP contribution in [-0.4, -0.2) is 55.2 Å². The Hall–Kier alpha value is -3.10. The molecule has 0 spiro atoms. The topological polar surface area (TPSA) is 93.5 Å². The Bertz CT molecular complexity index is 1420. The summed E-state index contributed by atoms with van der Waals surface area (Å²) in [5.74, 6) is 0.447. The van der Waals surface area contributed by atoms with E-state index in [1.54, 1.807) is 15.6 Å². The summed E-state index contributed by atoms with van der Waals surface area (Å²) in [5.41, 5.74) is 1.98. The molecule has 0 radical (unpaired) electrons. The van der Waals surface area contributed by atoms with E-state index in [-0.39, 0.29) is 41.8 Å². The minimum absolute atomic E-state index is 0.0388. The van der Waals surface area contributed by atoms with E-state index < -0.39 is 10.4 Å². The molecule has 1 aliphatic heterocycles. The first-order chi connectivity index (χ1) is 18.2. The maximum atomic E-state index is 13.5. The number of rotatable bonds is 9. The van der Waals surface area contributed by atoms with Crippen molar-refractivity contribution in [2.24, 2.45) is 11.8 Å². The summed E-state index contributed by atoms with van der Waals surface area (Å²) >= 11 is 12.2. The van der Waals surface area contributed by atoms with Crippen molar-refractivity contribution in [1.29, 1.82) is 0 Å². The van der Waals surface area contributed by atoms with Crippen LogP contribution in [0.15, 0.2) is 48.5 Å². The third-order valence-corrected chi connectivity index (χ3v) is 8.69. The number of alkyl halides is 2. The molecule has 1 N–H and O–H groups in total. The van der Waals surface area contributed by atoms with Crippen LogP contribution in [0.2, 0.25) is 0 Å². The third-order valence-electron chi connectivity index (χ3n) is 7.76. The molecule has 6 rings (SSSR count). The van der Waals surface area contributed by atoms with Gasteiger partial charge in [0.15, 0.2) is 5.78 Å². The minimum atomic E-state index is -0.761. The van der Waals surface area contributed by atoms with Crippen LogP contribution in [0.5, 0.6) is 5.75 Å². The lowest BCUT2D eigenvalue weighted by Crippen LogP contribution is -2.49. The van der Waals surface area contributed by atoms with E-state index >= 15 is 0 Å². The molecule has 198 valence electrons. The van der Waals surface area contributed by atoms with Crippen LogP contribution < -0.4 is 10.1 Å². The standard InChI is InChI=1S/C28H28Cl2N4O4/c1-16(35)26-21-11-20(38-15-17-5-3-2-4-6-17)7-8-22(21)33(32-26)14-25(36)34-23-9-18(23)10-24(34)27(37)31-13-19-12-28(19,29)30/h2-8,11,18-19,23-24H,9-10,12-15H2,1H3,(H,31,37)/t18-,19-,23-,24+/m1/s1. The van der Waals surface area contributed by atoms with Crippen LogP contribution in [0.3, 0.4) is 0 Å². The average Bonchev–Trinajstić information content (AvgIpc) is 3.69. The molecule has 3 aromatic rings. The third kappa shape index (κ3) is 4.87. The molecule has 4 atom stereocenters. The van der Waals surface area contributed by atoms with Crippen molar-refractivity contribution in [1.82, 2.24) is 20.0 Å². The number of amides is 2. The molecular formula is C28H28Cl2N4O4. The molecular weight excluding hydrogens is 527 g/mol. The lowest BCUT2D eigenvalue weighted by Gasteiger charge is -2.27. The Labute approximate surface area is 230 Å². The second-order valence-corrected chi connectivity index (χ2v) is 12.1. The highest BCUT2D eigenvalue weighted by molar-refractivity contribution is 6.50. The zero-order chi connectivity index (χ0) is 26.6. The van der Waals surface area contributed by atoms with Gasteiger partial charge in [0.2, 0.25) is 11.8 Å². The van der Waals surface area contributed by atoms with E-state index in [1.807, 2.05) is 42.5 Å². The number of likely N-dealkylation sites (tertiary alicyclic amines) is 1. The number of fused-ring (bicyclic) bond motifs is 2.